The number of hydrogen-bond donors (Lipinski definition) is 2. The van der Waals surface area contributed by atoms with Gasteiger partial charge in [0.15, 0.2) is 0 Å². The Kier molecular flexibility index (Phi) is 3.08. The third-order valence-electron chi connectivity index (χ3n) is 3.11. The number of hydrogen-bond acceptors (Lipinski definition) is 5. The quantitative estimate of drug-likeness (QED) is 0.750. The predicted molar refractivity (Wildman–Crippen MR) is 73.9 cm³/mol. The van der Waals surface area contributed by atoms with E-state index in [1.54, 1.807) is 25.3 Å². The molecule has 6 heteroatoms. The predicted octanol–water partition coefficient (Wildman–Crippen LogP) is 1.36. The van der Waals surface area contributed by atoms with Gasteiger partial charge in [-0.2, -0.15) is 0 Å². The lowest BCUT2D eigenvalue weighted by Crippen LogP contribution is -2.02. The van der Waals surface area contributed by atoms with Gasteiger partial charge >= 0.3 is 0 Å². The van der Waals surface area contributed by atoms with Crippen LogP contribution in [0.4, 0.5) is 0 Å². The zero-order valence-electron chi connectivity index (χ0n) is 11.0. The highest BCUT2D eigenvalue weighted by molar-refractivity contribution is 5.69. The lowest BCUT2D eigenvalue weighted by atomic mass is 10.1. The molecule has 1 aromatic carbocycles. The van der Waals surface area contributed by atoms with Crippen LogP contribution >= 0.6 is 0 Å². The monoisotopic (exact) mass is 270 g/mol. The minimum absolute atomic E-state index is 0.0553. The Labute approximate surface area is 115 Å². The van der Waals surface area contributed by atoms with Gasteiger partial charge in [-0.1, -0.05) is 6.07 Å². The third-order valence-corrected chi connectivity index (χ3v) is 3.11. The summed E-state index contributed by atoms with van der Waals surface area (Å²) < 4.78 is 0. The first-order chi connectivity index (χ1) is 9.69. The molecule has 3 rings (SSSR count). The lowest BCUT2D eigenvalue weighted by molar-refractivity contribution is 0.299. The molecule has 0 aliphatic carbocycles. The molecule has 2 N–H and O–H groups in total. The van der Waals surface area contributed by atoms with Crippen LogP contribution in [0.15, 0.2) is 30.5 Å². The molecular weight excluding hydrogens is 256 g/mol. The molecule has 0 aliphatic rings. The molecule has 0 saturated heterocycles. The average molecular weight is 270 g/mol. The van der Waals surface area contributed by atoms with Crippen molar-refractivity contribution in [2.45, 2.75) is 13.3 Å². The van der Waals surface area contributed by atoms with Gasteiger partial charge in [0.05, 0.1) is 0 Å². The Balaban J connectivity index is 2.17. The topological polar surface area (TPSA) is 84.1 Å². The highest BCUT2D eigenvalue weighted by Crippen LogP contribution is 2.27. The van der Waals surface area contributed by atoms with Crippen molar-refractivity contribution >= 4 is 11.2 Å². The number of aliphatic hydroxyl groups excluding tert-OH is 1. The van der Waals surface area contributed by atoms with E-state index >= 15 is 0 Å². The van der Waals surface area contributed by atoms with Gasteiger partial charge in [-0.25, -0.2) is 4.98 Å². The van der Waals surface area contributed by atoms with Crippen LogP contribution < -0.4 is 0 Å². The van der Waals surface area contributed by atoms with E-state index in [0.717, 1.165) is 11.1 Å². The van der Waals surface area contributed by atoms with Crippen LogP contribution in [0.2, 0.25) is 0 Å². The minimum Gasteiger partial charge on any atom is -0.505 e. The molecule has 0 aliphatic heterocycles. The maximum Gasteiger partial charge on any atom is 0.202 e. The number of aromatic nitrogens is 4. The van der Waals surface area contributed by atoms with Gasteiger partial charge in [0.1, 0.15) is 17.0 Å². The number of benzene rings is 1. The second-order valence-corrected chi connectivity index (χ2v) is 4.59. The number of nitrogens with zero attached hydrogens (tertiary/aromatic N) is 4. The number of fused-ring (bicyclic) bond motifs is 1. The van der Waals surface area contributed by atoms with Crippen LogP contribution in [0.5, 0.6) is 5.75 Å². The number of aromatic hydroxyl groups is 1. The molecule has 3 aromatic rings. The van der Waals surface area contributed by atoms with Gasteiger partial charge in [0.2, 0.25) is 5.65 Å². The van der Waals surface area contributed by atoms with Crippen molar-refractivity contribution in [3.05, 3.63) is 41.6 Å². The number of rotatable bonds is 3. The van der Waals surface area contributed by atoms with Crippen molar-refractivity contribution in [2.75, 3.05) is 6.61 Å². The summed E-state index contributed by atoms with van der Waals surface area (Å²) in [6.45, 7) is 1.86. The van der Waals surface area contributed by atoms with Crippen molar-refractivity contribution in [1.29, 1.82) is 0 Å². The first-order valence-corrected chi connectivity index (χ1v) is 6.31. The van der Waals surface area contributed by atoms with Gasteiger partial charge < -0.3 is 10.2 Å². The molecule has 2 heterocycles. The Morgan fingerprint density at radius 2 is 2.10 bits per heavy atom. The Morgan fingerprint density at radius 3 is 2.85 bits per heavy atom. The van der Waals surface area contributed by atoms with E-state index in [1.807, 2.05) is 12.1 Å². The number of aliphatic hydroxyl groups is 1. The van der Waals surface area contributed by atoms with Gasteiger partial charge in [0.25, 0.3) is 0 Å². The first kappa shape index (κ1) is 12.6. The summed E-state index contributed by atoms with van der Waals surface area (Å²) in [7, 11) is 0. The first-order valence-electron chi connectivity index (χ1n) is 6.31. The standard InChI is InChI=1S/C14H14N4O2/c1-9-7-10(4-6-19)8-12(13(9)20)18-16-11-3-2-5-15-14(11)17-18/h2-3,5,7-8,19-20H,4,6H2,1H3. The van der Waals surface area contributed by atoms with Crippen LogP contribution in [0.3, 0.4) is 0 Å². The Morgan fingerprint density at radius 1 is 1.25 bits per heavy atom. The van der Waals surface area contributed by atoms with Crippen molar-refractivity contribution < 1.29 is 10.2 Å². The van der Waals surface area contributed by atoms with Crippen LogP contribution in [0.1, 0.15) is 11.1 Å². The van der Waals surface area contributed by atoms with Gasteiger partial charge in [-0.05, 0) is 42.7 Å². The lowest BCUT2D eigenvalue weighted by Gasteiger charge is -2.09. The largest absolute Gasteiger partial charge is 0.505 e. The van der Waals surface area contributed by atoms with Crippen LogP contribution in [-0.2, 0) is 6.42 Å². The average Bonchev–Trinajstić information content (AvgIpc) is 2.86. The second-order valence-electron chi connectivity index (χ2n) is 4.59. The summed E-state index contributed by atoms with van der Waals surface area (Å²) in [4.78, 5) is 5.50. The van der Waals surface area contributed by atoms with E-state index in [2.05, 4.69) is 15.2 Å². The molecule has 0 radical (unpaired) electrons. The molecule has 6 nitrogen and oxygen atoms in total. The summed E-state index contributed by atoms with van der Waals surface area (Å²) in [6.07, 6.45) is 2.17. The number of aryl methyl sites for hydroxylation is 1. The highest BCUT2D eigenvalue weighted by atomic mass is 16.3. The zero-order chi connectivity index (χ0) is 14.1. The van der Waals surface area contributed by atoms with E-state index in [4.69, 9.17) is 5.11 Å². The molecule has 0 bridgehead atoms. The van der Waals surface area contributed by atoms with Crippen LogP contribution in [-0.4, -0.2) is 36.8 Å². The minimum atomic E-state index is 0.0553. The number of phenols is 1. The van der Waals surface area contributed by atoms with Crippen molar-refractivity contribution in [1.82, 2.24) is 20.0 Å². The van der Waals surface area contributed by atoms with Crippen LogP contribution in [0.25, 0.3) is 16.9 Å². The van der Waals surface area contributed by atoms with E-state index in [9.17, 15) is 5.11 Å². The van der Waals surface area contributed by atoms with Crippen molar-refractivity contribution in [3.63, 3.8) is 0 Å². The molecule has 2 aromatic heterocycles. The Bertz CT molecular complexity index is 734. The van der Waals surface area contributed by atoms with Gasteiger partial charge in [-0.3, -0.25) is 0 Å². The Hall–Kier alpha value is -2.47. The van der Waals surface area contributed by atoms with E-state index in [-0.39, 0.29) is 12.4 Å². The fourth-order valence-corrected chi connectivity index (χ4v) is 2.13. The van der Waals surface area contributed by atoms with Gasteiger partial charge in [-0.15, -0.1) is 15.0 Å². The number of pyridine rings is 1. The van der Waals surface area contributed by atoms with Crippen molar-refractivity contribution in [2.24, 2.45) is 0 Å². The summed E-state index contributed by atoms with van der Waals surface area (Å²) in [5, 5.41) is 27.8. The molecule has 0 amide bonds. The normalized spacial score (nSPS) is 11.1. The fraction of sp³-hybridized carbons (Fsp3) is 0.214. The molecule has 0 fully saturated rings. The molecule has 0 spiro atoms. The maximum absolute atomic E-state index is 10.2. The fourth-order valence-electron chi connectivity index (χ4n) is 2.13. The van der Waals surface area contributed by atoms with E-state index < -0.39 is 0 Å². The molecule has 0 atom stereocenters. The second kappa shape index (κ2) is 4.90. The maximum atomic E-state index is 10.2. The molecule has 20 heavy (non-hydrogen) atoms. The summed E-state index contributed by atoms with van der Waals surface area (Å²) in [5.74, 6) is 0.131. The molecular formula is C14H14N4O2. The zero-order valence-corrected chi connectivity index (χ0v) is 11.0. The summed E-state index contributed by atoms with van der Waals surface area (Å²) >= 11 is 0. The van der Waals surface area contributed by atoms with E-state index in [1.165, 1.54) is 4.80 Å². The molecule has 102 valence electrons. The number of phenolic OH excluding ortho intramolecular Hbond substituents is 1. The SMILES string of the molecule is Cc1cc(CCO)cc(-n2nc3cccnc3n2)c1O. The molecule has 0 unspecified atom stereocenters. The van der Waals surface area contributed by atoms with Crippen LogP contribution in [0, 0.1) is 6.92 Å². The van der Waals surface area contributed by atoms with Crippen molar-refractivity contribution in [3.8, 4) is 11.4 Å². The van der Waals surface area contributed by atoms with Gasteiger partial charge in [0, 0.05) is 12.8 Å². The molecule has 0 saturated carbocycles. The highest BCUT2D eigenvalue weighted by Gasteiger charge is 2.12. The van der Waals surface area contributed by atoms with E-state index in [0.29, 0.717) is 23.3 Å². The third kappa shape index (κ3) is 2.10. The summed E-state index contributed by atoms with van der Waals surface area (Å²) in [6, 6.07) is 7.22. The summed E-state index contributed by atoms with van der Waals surface area (Å²) in [5.41, 5.74) is 3.33. The smallest absolute Gasteiger partial charge is 0.202 e.